The van der Waals surface area contributed by atoms with Crippen molar-refractivity contribution in [3.63, 3.8) is 0 Å². The number of hydrogen-bond acceptors (Lipinski definition) is 3. The Hall–Kier alpha value is -2.40. The SMILES string of the molecule is Cc1cc(-c2cc(C)c(=O)n(C)c2C)ccc1C(=O)N1CCN(C)CC1. The second-order valence-electron chi connectivity index (χ2n) is 7.32. The van der Waals surface area contributed by atoms with Crippen molar-refractivity contribution in [2.24, 2.45) is 7.05 Å². The molecule has 1 aliphatic heterocycles. The first-order valence-electron chi connectivity index (χ1n) is 9.05. The van der Waals surface area contributed by atoms with Crippen LogP contribution in [0.3, 0.4) is 0 Å². The average molecular weight is 353 g/mol. The van der Waals surface area contributed by atoms with Crippen LogP contribution in [-0.4, -0.2) is 53.5 Å². The molecular weight excluding hydrogens is 326 g/mol. The van der Waals surface area contributed by atoms with Gasteiger partial charge in [0.05, 0.1) is 0 Å². The van der Waals surface area contributed by atoms with Crippen molar-refractivity contribution in [1.29, 1.82) is 0 Å². The van der Waals surface area contributed by atoms with Crippen LogP contribution < -0.4 is 5.56 Å². The van der Waals surface area contributed by atoms with Crippen molar-refractivity contribution in [3.05, 3.63) is 57.0 Å². The number of hydrogen-bond donors (Lipinski definition) is 0. The Kier molecular flexibility index (Phi) is 5.01. The molecule has 0 aliphatic carbocycles. The van der Waals surface area contributed by atoms with E-state index in [-0.39, 0.29) is 11.5 Å². The van der Waals surface area contributed by atoms with E-state index in [1.54, 1.807) is 11.6 Å². The molecule has 0 unspecified atom stereocenters. The van der Waals surface area contributed by atoms with E-state index in [9.17, 15) is 9.59 Å². The molecule has 0 atom stereocenters. The van der Waals surface area contributed by atoms with E-state index in [0.29, 0.717) is 0 Å². The van der Waals surface area contributed by atoms with Gasteiger partial charge in [-0.15, -0.1) is 0 Å². The number of carbonyl (C=O) groups excluding carboxylic acids is 1. The lowest BCUT2D eigenvalue weighted by Crippen LogP contribution is -2.47. The number of aryl methyl sites for hydroxylation is 2. The molecule has 1 fully saturated rings. The summed E-state index contributed by atoms with van der Waals surface area (Å²) in [6, 6.07) is 7.90. The van der Waals surface area contributed by atoms with Gasteiger partial charge in [-0.1, -0.05) is 12.1 Å². The number of aromatic nitrogens is 1. The minimum Gasteiger partial charge on any atom is -0.336 e. The highest BCUT2D eigenvalue weighted by Gasteiger charge is 2.22. The molecule has 26 heavy (non-hydrogen) atoms. The molecule has 0 spiro atoms. The molecule has 0 N–H and O–H groups in total. The first kappa shape index (κ1) is 18.4. The van der Waals surface area contributed by atoms with Gasteiger partial charge >= 0.3 is 0 Å². The maximum atomic E-state index is 12.9. The molecule has 5 nitrogen and oxygen atoms in total. The number of likely N-dealkylation sites (N-methyl/N-ethyl adjacent to an activating group) is 1. The van der Waals surface area contributed by atoms with Gasteiger partial charge < -0.3 is 14.4 Å². The lowest BCUT2D eigenvalue weighted by Gasteiger charge is -2.32. The zero-order valence-electron chi connectivity index (χ0n) is 16.3. The van der Waals surface area contributed by atoms with Crippen molar-refractivity contribution < 1.29 is 4.79 Å². The van der Waals surface area contributed by atoms with Crippen molar-refractivity contribution in [3.8, 4) is 11.1 Å². The molecule has 1 amide bonds. The van der Waals surface area contributed by atoms with Gasteiger partial charge in [-0.25, -0.2) is 0 Å². The fourth-order valence-electron chi connectivity index (χ4n) is 3.52. The summed E-state index contributed by atoms with van der Waals surface area (Å²) < 4.78 is 1.68. The van der Waals surface area contributed by atoms with E-state index in [1.165, 1.54) is 0 Å². The summed E-state index contributed by atoms with van der Waals surface area (Å²) in [7, 11) is 3.88. The second-order valence-corrected chi connectivity index (χ2v) is 7.32. The van der Waals surface area contributed by atoms with Gasteiger partial charge in [0.15, 0.2) is 0 Å². The standard InChI is InChI=1S/C21H27N3O2/c1-14-12-17(19-13-15(2)20(25)23(5)16(19)3)6-7-18(14)21(26)24-10-8-22(4)9-11-24/h6-7,12-13H,8-11H2,1-5H3. The van der Waals surface area contributed by atoms with E-state index >= 15 is 0 Å². The molecule has 3 rings (SSSR count). The normalized spacial score (nSPS) is 15.3. The Balaban J connectivity index is 1.94. The predicted molar refractivity (Wildman–Crippen MR) is 105 cm³/mol. The van der Waals surface area contributed by atoms with E-state index < -0.39 is 0 Å². The van der Waals surface area contributed by atoms with Gasteiger partial charge in [-0.2, -0.15) is 0 Å². The zero-order chi connectivity index (χ0) is 19.0. The van der Waals surface area contributed by atoms with Crippen LogP contribution in [0.25, 0.3) is 11.1 Å². The molecular formula is C21H27N3O2. The molecule has 0 radical (unpaired) electrons. The third-order valence-electron chi connectivity index (χ3n) is 5.45. The van der Waals surface area contributed by atoms with Crippen LogP contribution in [0, 0.1) is 20.8 Å². The highest BCUT2D eigenvalue weighted by atomic mass is 16.2. The molecule has 0 bridgehead atoms. The van der Waals surface area contributed by atoms with E-state index in [2.05, 4.69) is 18.0 Å². The largest absolute Gasteiger partial charge is 0.336 e. The van der Waals surface area contributed by atoms with Crippen molar-refractivity contribution in [2.75, 3.05) is 33.2 Å². The minimum absolute atomic E-state index is 0.0323. The number of nitrogens with zero attached hydrogens (tertiary/aromatic N) is 3. The van der Waals surface area contributed by atoms with Gasteiger partial charge in [-0.05, 0) is 51.1 Å². The fourth-order valence-corrected chi connectivity index (χ4v) is 3.52. The van der Waals surface area contributed by atoms with Crippen molar-refractivity contribution in [1.82, 2.24) is 14.4 Å². The van der Waals surface area contributed by atoms with Crippen molar-refractivity contribution in [2.45, 2.75) is 20.8 Å². The Morgan fingerprint density at radius 3 is 2.19 bits per heavy atom. The highest BCUT2D eigenvalue weighted by Crippen LogP contribution is 2.26. The van der Waals surface area contributed by atoms with Gasteiger partial charge in [0, 0.05) is 55.6 Å². The Morgan fingerprint density at radius 1 is 0.923 bits per heavy atom. The average Bonchev–Trinajstić information content (AvgIpc) is 2.63. The molecule has 1 saturated heterocycles. The lowest BCUT2D eigenvalue weighted by atomic mass is 9.97. The Labute approximate surface area is 154 Å². The summed E-state index contributed by atoms with van der Waals surface area (Å²) in [5.41, 5.74) is 5.49. The number of carbonyl (C=O) groups is 1. The van der Waals surface area contributed by atoms with Gasteiger partial charge in [0.1, 0.15) is 0 Å². The smallest absolute Gasteiger partial charge is 0.254 e. The van der Waals surface area contributed by atoms with E-state index in [0.717, 1.165) is 59.7 Å². The number of rotatable bonds is 2. The number of benzene rings is 1. The summed E-state index contributed by atoms with van der Waals surface area (Å²) in [6.07, 6.45) is 0. The summed E-state index contributed by atoms with van der Waals surface area (Å²) in [5.74, 6) is 0.107. The first-order chi connectivity index (χ1) is 12.3. The third-order valence-corrected chi connectivity index (χ3v) is 5.45. The van der Waals surface area contributed by atoms with Crippen molar-refractivity contribution >= 4 is 5.91 Å². The summed E-state index contributed by atoms with van der Waals surface area (Å²) in [4.78, 5) is 29.1. The van der Waals surface area contributed by atoms with E-state index in [1.807, 2.05) is 43.9 Å². The molecule has 1 aliphatic rings. The fraction of sp³-hybridized carbons (Fsp3) is 0.429. The summed E-state index contributed by atoms with van der Waals surface area (Å²) >= 11 is 0. The molecule has 5 heteroatoms. The molecule has 0 saturated carbocycles. The van der Waals surface area contributed by atoms with Crippen LogP contribution in [-0.2, 0) is 7.05 Å². The summed E-state index contributed by atoms with van der Waals surface area (Å²) in [6.45, 7) is 9.15. The van der Waals surface area contributed by atoms with E-state index in [4.69, 9.17) is 0 Å². The molecule has 2 heterocycles. The monoisotopic (exact) mass is 353 g/mol. The number of piperazine rings is 1. The van der Waals surface area contributed by atoms with Gasteiger partial charge in [0.2, 0.25) is 0 Å². The maximum absolute atomic E-state index is 12.9. The second kappa shape index (κ2) is 7.08. The molecule has 2 aromatic rings. The van der Waals surface area contributed by atoms with Gasteiger partial charge in [0.25, 0.3) is 11.5 Å². The molecule has 1 aromatic carbocycles. The van der Waals surface area contributed by atoms with Crippen LogP contribution in [0.15, 0.2) is 29.1 Å². The van der Waals surface area contributed by atoms with Crippen LogP contribution in [0.2, 0.25) is 0 Å². The topological polar surface area (TPSA) is 45.6 Å². The maximum Gasteiger partial charge on any atom is 0.254 e. The minimum atomic E-state index is 0.0323. The van der Waals surface area contributed by atoms with Gasteiger partial charge in [-0.3, -0.25) is 9.59 Å². The van der Waals surface area contributed by atoms with Crippen LogP contribution in [0.5, 0.6) is 0 Å². The Morgan fingerprint density at radius 2 is 1.58 bits per heavy atom. The number of pyridine rings is 1. The van der Waals surface area contributed by atoms with Crippen LogP contribution >= 0.6 is 0 Å². The number of amides is 1. The highest BCUT2D eigenvalue weighted by molar-refractivity contribution is 5.96. The first-order valence-corrected chi connectivity index (χ1v) is 9.05. The molecule has 138 valence electrons. The summed E-state index contributed by atoms with van der Waals surface area (Å²) in [5, 5.41) is 0. The quantitative estimate of drug-likeness (QED) is 0.833. The Bertz CT molecular complexity index is 906. The zero-order valence-corrected chi connectivity index (χ0v) is 16.3. The third kappa shape index (κ3) is 3.31. The van der Waals surface area contributed by atoms with Crippen LogP contribution in [0.1, 0.15) is 27.2 Å². The van der Waals surface area contributed by atoms with Crippen LogP contribution in [0.4, 0.5) is 0 Å². The lowest BCUT2D eigenvalue weighted by molar-refractivity contribution is 0.0663. The molecule has 1 aromatic heterocycles. The predicted octanol–water partition coefficient (Wildman–Crippen LogP) is 2.37.